The molecule has 1 fully saturated rings. The van der Waals surface area contributed by atoms with Crippen LogP contribution < -0.4 is 10.4 Å². The zero-order valence-corrected chi connectivity index (χ0v) is 13.5. The van der Waals surface area contributed by atoms with Crippen molar-refractivity contribution in [1.82, 2.24) is 0 Å². The first kappa shape index (κ1) is 13.6. The van der Waals surface area contributed by atoms with Crippen molar-refractivity contribution in [3.05, 3.63) is 60.7 Å². The maximum absolute atomic E-state index is 2.37. The Labute approximate surface area is 123 Å². The van der Waals surface area contributed by atoms with E-state index in [9.17, 15) is 0 Å². The van der Waals surface area contributed by atoms with Crippen LogP contribution in [-0.2, 0) is 0 Å². The van der Waals surface area contributed by atoms with Crippen LogP contribution in [-0.4, -0.2) is 39.7 Å². The number of hydrogen-bond donors (Lipinski definition) is 0. The van der Waals surface area contributed by atoms with E-state index in [1.54, 1.807) is 10.4 Å². The number of quaternary nitrogens is 1. The van der Waals surface area contributed by atoms with Gasteiger partial charge < -0.3 is 4.48 Å². The van der Waals surface area contributed by atoms with Gasteiger partial charge in [0, 0.05) is 12.1 Å². The Kier molecular flexibility index (Phi) is 3.53. The fraction of sp³-hybridized carbons (Fsp3) is 0.333. The second-order valence-corrected chi connectivity index (χ2v) is 11.0. The van der Waals surface area contributed by atoms with Crippen LogP contribution in [0.3, 0.4) is 0 Å². The zero-order chi connectivity index (χ0) is 14.1. The van der Waals surface area contributed by atoms with Crippen molar-refractivity contribution >= 4 is 18.4 Å². The third-order valence-corrected chi connectivity index (χ3v) is 9.97. The Hall–Kier alpha value is -1.38. The molecule has 0 atom stereocenters. The van der Waals surface area contributed by atoms with Gasteiger partial charge in [-0.2, -0.15) is 0 Å². The molecule has 1 saturated heterocycles. The summed E-state index contributed by atoms with van der Waals surface area (Å²) in [4.78, 5) is 0. The summed E-state index contributed by atoms with van der Waals surface area (Å²) in [5.74, 6) is 0. The highest BCUT2D eigenvalue weighted by Gasteiger charge is 2.43. The van der Waals surface area contributed by atoms with Crippen molar-refractivity contribution < 1.29 is 4.48 Å². The van der Waals surface area contributed by atoms with E-state index in [0.717, 1.165) is 0 Å². The van der Waals surface area contributed by atoms with Crippen LogP contribution in [0.5, 0.6) is 0 Å². The lowest BCUT2D eigenvalue weighted by atomic mass is 10.4. The summed E-state index contributed by atoms with van der Waals surface area (Å²) in [5.41, 5.74) is 0. The molecular formula is C18H24NSi+. The lowest BCUT2D eigenvalue weighted by Gasteiger charge is -2.44. The van der Waals surface area contributed by atoms with Crippen LogP contribution in [0.15, 0.2) is 60.7 Å². The van der Waals surface area contributed by atoms with Crippen molar-refractivity contribution in [3.63, 3.8) is 0 Å². The van der Waals surface area contributed by atoms with Gasteiger partial charge in [-0.3, -0.25) is 0 Å². The predicted molar refractivity (Wildman–Crippen MR) is 89.4 cm³/mol. The molecule has 0 aliphatic carbocycles. The highest BCUT2D eigenvalue weighted by Crippen LogP contribution is 2.25. The topological polar surface area (TPSA) is 0 Å². The molecule has 0 aromatic heterocycles. The number of nitrogens with zero attached hydrogens (tertiary/aromatic N) is 1. The summed E-state index contributed by atoms with van der Waals surface area (Å²) in [6, 6.07) is 25.3. The van der Waals surface area contributed by atoms with E-state index in [1.165, 1.54) is 29.7 Å². The van der Waals surface area contributed by atoms with E-state index in [1.807, 2.05) is 0 Å². The molecule has 1 aliphatic rings. The third kappa shape index (κ3) is 2.46. The van der Waals surface area contributed by atoms with E-state index in [2.05, 4.69) is 74.8 Å². The van der Waals surface area contributed by atoms with Gasteiger partial charge in [0.1, 0.15) is 8.07 Å². The van der Waals surface area contributed by atoms with Crippen LogP contribution >= 0.6 is 0 Å². The SMILES string of the molecule is C[N+]1(C)CC[Si](c2ccccc2)(c2ccccc2)CC1. The Morgan fingerprint density at radius 1 is 0.700 bits per heavy atom. The standard InChI is InChI=1S/C18H24NSi/c1-19(2)13-15-20(16-14-19,17-9-5-3-6-10-17)18-11-7-4-8-12-18/h3-12H,13-16H2,1-2H3/q+1. The molecule has 3 rings (SSSR count). The van der Waals surface area contributed by atoms with Gasteiger partial charge in [0.2, 0.25) is 0 Å². The Morgan fingerprint density at radius 2 is 1.10 bits per heavy atom. The summed E-state index contributed by atoms with van der Waals surface area (Å²) >= 11 is 0. The average Bonchev–Trinajstić information content (AvgIpc) is 2.50. The van der Waals surface area contributed by atoms with Crippen LogP contribution in [0.1, 0.15) is 0 Å². The predicted octanol–water partition coefficient (Wildman–Crippen LogP) is 2.34. The molecule has 2 heteroatoms. The summed E-state index contributed by atoms with van der Waals surface area (Å²) in [6.07, 6.45) is 0. The molecule has 1 nitrogen and oxygen atoms in total. The van der Waals surface area contributed by atoms with E-state index in [4.69, 9.17) is 0 Å². The largest absolute Gasteiger partial charge is 0.329 e. The molecule has 104 valence electrons. The van der Waals surface area contributed by atoms with Gasteiger partial charge in [0.15, 0.2) is 0 Å². The second kappa shape index (κ2) is 5.19. The highest BCUT2D eigenvalue weighted by atomic mass is 28.3. The van der Waals surface area contributed by atoms with Crippen LogP contribution in [0.2, 0.25) is 12.1 Å². The number of hydrogen-bond acceptors (Lipinski definition) is 0. The van der Waals surface area contributed by atoms with Crippen LogP contribution in [0.4, 0.5) is 0 Å². The lowest BCUT2D eigenvalue weighted by molar-refractivity contribution is -0.888. The van der Waals surface area contributed by atoms with Crippen molar-refractivity contribution in [2.45, 2.75) is 12.1 Å². The van der Waals surface area contributed by atoms with Crippen molar-refractivity contribution in [1.29, 1.82) is 0 Å². The summed E-state index contributed by atoms with van der Waals surface area (Å²) in [7, 11) is 3.20. The fourth-order valence-electron chi connectivity index (χ4n) is 3.48. The van der Waals surface area contributed by atoms with Gasteiger partial charge in [-0.1, -0.05) is 71.0 Å². The summed E-state index contributed by atoms with van der Waals surface area (Å²) < 4.78 is 1.18. The van der Waals surface area contributed by atoms with E-state index in [-0.39, 0.29) is 0 Å². The summed E-state index contributed by atoms with van der Waals surface area (Å²) in [6.45, 7) is 2.60. The summed E-state index contributed by atoms with van der Waals surface area (Å²) in [5, 5.41) is 3.23. The minimum Gasteiger partial charge on any atom is -0.329 e. The normalized spacial score (nSPS) is 20.5. The van der Waals surface area contributed by atoms with E-state index < -0.39 is 8.07 Å². The fourth-order valence-corrected chi connectivity index (χ4v) is 8.86. The number of rotatable bonds is 2. The Bertz CT molecular complexity index is 511. The van der Waals surface area contributed by atoms with Gasteiger partial charge in [-0.25, -0.2) is 0 Å². The average molecular weight is 282 g/mol. The lowest BCUT2D eigenvalue weighted by Crippen LogP contribution is -2.65. The molecule has 1 aliphatic heterocycles. The minimum atomic E-state index is -1.54. The molecule has 0 radical (unpaired) electrons. The molecule has 2 aromatic carbocycles. The molecule has 0 unspecified atom stereocenters. The van der Waals surface area contributed by atoms with E-state index in [0.29, 0.717) is 0 Å². The zero-order valence-electron chi connectivity index (χ0n) is 12.5. The molecule has 0 bridgehead atoms. The Morgan fingerprint density at radius 3 is 1.50 bits per heavy atom. The molecule has 0 spiro atoms. The quantitative estimate of drug-likeness (QED) is 0.586. The molecule has 2 aromatic rings. The van der Waals surface area contributed by atoms with Crippen molar-refractivity contribution in [2.24, 2.45) is 0 Å². The molecule has 20 heavy (non-hydrogen) atoms. The first-order valence-electron chi connectivity index (χ1n) is 7.56. The first-order chi connectivity index (χ1) is 9.62. The molecule has 1 heterocycles. The second-order valence-electron chi connectivity index (χ2n) is 6.70. The first-order valence-corrected chi connectivity index (χ1v) is 9.97. The van der Waals surface area contributed by atoms with Crippen molar-refractivity contribution in [2.75, 3.05) is 27.2 Å². The Balaban J connectivity index is 2.06. The smallest absolute Gasteiger partial charge is 0.129 e. The molecule has 0 saturated carbocycles. The molecule has 0 amide bonds. The van der Waals surface area contributed by atoms with Crippen LogP contribution in [0, 0.1) is 0 Å². The van der Waals surface area contributed by atoms with Crippen LogP contribution in [0.25, 0.3) is 0 Å². The number of benzene rings is 2. The van der Waals surface area contributed by atoms with Gasteiger partial charge >= 0.3 is 0 Å². The monoisotopic (exact) mass is 282 g/mol. The van der Waals surface area contributed by atoms with Crippen molar-refractivity contribution in [3.8, 4) is 0 Å². The third-order valence-electron chi connectivity index (χ3n) is 4.94. The maximum atomic E-state index is 2.37. The van der Waals surface area contributed by atoms with Gasteiger partial charge in [-0.15, -0.1) is 0 Å². The van der Waals surface area contributed by atoms with E-state index >= 15 is 0 Å². The van der Waals surface area contributed by atoms with Gasteiger partial charge in [-0.05, 0) is 0 Å². The maximum Gasteiger partial charge on any atom is 0.129 e. The van der Waals surface area contributed by atoms with Gasteiger partial charge in [0.05, 0.1) is 27.2 Å². The highest BCUT2D eigenvalue weighted by molar-refractivity contribution is 7.02. The molecular weight excluding hydrogens is 258 g/mol. The molecule has 0 N–H and O–H groups in total. The minimum absolute atomic E-state index is 1.18. The van der Waals surface area contributed by atoms with Gasteiger partial charge in [0.25, 0.3) is 0 Å².